The largest absolute Gasteiger partial charge is 0.419 e. The lowest BCUT2D eigenvalue weighted by Gasteiger charge is -1.96. The first-order valence-corrected chi connectivity index (χ1v) is 6.12. The predicted octanol–water partition coefficient (Wildman–Crippen LogP) is 3.20. The molecule has 0 atom stereocenters. The average Bonchev–Trinajstić information content (AvgIpc) is 2.78. The van der Waals surface area contributed by atoms with Crippen molar-refractivity contribution >= 4 is 23.4 Å². The Morgan fingerprint density at radius 3 is 2.53 bits per heavy atom. The van der Waals surface area contributed by atoms with Crippen molar-refractivity contribution in [1.29, 1.82) is 0 Å². The summed E-state index contributed by atoms with van der Waals surface area (Å²) in [6, 6.07) is 7.95. The molecule has 0 spiro atoms. The van der Waals surface area contributed by atoms with Crippen LogP contribution in [-0.2, 0) is 5.88 Å². The summed E-state index contributed by atoms with van der Waals surface area (Å²) < 4.78 is 5.33. The van der Waals surface area contributed by atoms with Gasteiger partial charge >= 0.3 is 0 Å². The lowest BCUT2D eigenvalue weighted by Crippen LogP contribution is -1.77. The van der Waals surface area contributed by atoms with Gasteiger partial charge in [-0.15, -0.1) is 33.6 Å². The maximum absolute atomic E-state index is 5.58. The molecule has 0 saturated carbocycles. The highest BCUT2D eigenvalue weighted by Crippen LogP contribution is 2.22. The van der Waals surface area contributed by atoms with E-state index in [0.29, 0.717) is 11.8 Å². The molecule has 5 heteroatoms. The van der Waals surface area contributed by atoms with Crippen LogP contribution >= 0.6 is 23.4 Å². The molecule has 2 aromatic rings. The van der Waals surface area contributed by atoms with E-state index < -0.39 is 0 Å². The van der Waals surface area contributed by atoms with E-state index in [9.17, 15) is 0 Å². The molecular formula is C10H9ClN2OS. The number of nitrogens with zero attached hydrogens (tertiary/aromatic N) is 2. The minimum Gasteiger partial charge on any atom is -0.419 e. The molecule has 0 bridgehead atoms. The van der Waals surface area contributed by atoms with Crippen LogP contribution in [-0.4, -0.2) is 16.5 Å². The van der Waals surface area contributed by atoms with Gasteiger partial charge in [-0.05, 0) is 30.5 Å². The van der Waals surface area contributed by atoms with Crippen LogP contribution in [0.1, 0.15) is 5.89 Å². The molecule has 1 aromatic heterocycles. The number of hydrogen-bond donors (Lipinski definition) is 0. The maximum Gasteiger partial charge on any atom is 0.247 e. The van der Waals surface area contributed by atoms with Crippen LogP contribution in [0.5, 0.6) is 0 Å². The first-order valence-electron chi connectivity index (χ1n) is 4.36. The van der Waals surface area contributed by atoms with Crippen LogP contribution in [0.4, 0.5) is 0 Å². The van der Waals surface area contributed by atoms with Gasteiger partial charge in [-0.2, -0.15) is 0 Å². The Morgan fingerprint density at radius 1 is 1.27 bits per heavy atom. The standard InChI is InChI=1S/C10H9ClN2OS/c1-15-8-4-2-7(3-5-8)10-13-12-9(6-11)14-10/h2-5H,6H2,1H3. The van der Waals surface area contributed by atoms with Gasteiger partial charge in [0, 0.05) is 10.5 Å². The van der Waals surface area contributed by atoms with Gasteiger partial charge in [0.05, 0.1) is 0 Å². The summed E-state index contributed by atoms with van der Waals surface area (Å²) in [5.74, 6) is 1.20. The highest BCUT2D eigenvalue weighted by atomic mass is 35.5. The topological polar surface area (TPSA) is 38.9 Å². The Labute approximate surface area is 96.8 Å². The van der Waals surface area contributed by atoms with Crippen molar-refractivity contribution in [2.75, 3.05) is 6.26 Å². The van der Waals surface area contributed by atoms with Crippen LogP contribution in [0.3, 0.4) is 0 Å². The minimum absolute atomic E-state index is 0.246. The van der Waals surface area contributed by atoms with Gasteiger partial charge < -0.3 is 4.42 Å². The Morgan fingerprint density at radius 2 is 2.00 bits per heavy atom. The predicted molar refractivity (Wildman–Crippen MR) is 61.1 cm³/mol. The minimum atomic E-state index is 0.246. The second-order valence-corrected chi connectivity index (χ2v) is 4.01. The van der Waals surface area contributed by atoms with E-state index in [1.165, 1.54) is 4.90 Å². The van der Waals surface area contributed by atoms with Gasteiger partial charge in [0.1, 0.15) is 5.88 Å². The lowest BCUT2D eigenvalue weighted by atomic mass is 10.2. The Bertz CT molecular complexity index is 441. The van der Waals surface area contributed by atoms with E-state index in [1.54, 1.807) is 11.8 Å². The number of aromatic nitrogens is 2. The third-order valence-electron chi connectivity index (χ3n) is 1.92. The van der Waals surface area contributed by atoms with Crippen molar-refractivity contribution in [2.45, 2.75) is 10.8 Å². The Hall–Kier alpha value is -1.00. The smallest absolute Gasteiger partial charge is 0.247 e. The molecule has 0 aliphatic heterocycles. The van der Waals surface area contributed by atoms with Crippen molar-refractivity contribution in [3.05, 3.63) is 30.2 Å². The quantitative estimate of drug-likeness (QED) is 0.610. The van der Waals surface area contributed by atoms with E-state index in [0.717, 1.165) is 5.56 Å². The van der Waals surface area contributed by atoms with Crippen LogP contribution in [0.15, 0.2) is 33.6 Å². The highest BCUT2D eigenvalue weighted by molar-refractivity contribution is 7.98. The van der Waals surface area contributed by atoms with E-state index in [2.05, 4.69) is 10.2 Å². The first-order chi connectivity index (χ1) is 7.33. The van der Waals surface area contributed by atoms with Gasteiger partial charge in [0.25, 0.3) is 0 Å². The number of thioether (sulfide) groups is 1. The fourth-order valence-electron chi connectivity index (χ4n) is 1.16. The van der Waals surface area contributed by atoms with Crippen LogP contribution in [0, 0.1) is 0 Å². The van der Waals surface area contributed by atoms with E-state index >= 15 is 0 Å². The molecule has 2 rings (SSSR count). The third-order valence-corrected chi connectivity index (χ3v) is 2.89. The van der Waals surface area contributed by atoms with Gasteiger partial charge in [-0.1, -0.05) is 0 Å². The number of rotatable bonds is 3. The molecule has 0 radical (unpaired) electrons. The molecule has 0 saturated heterocycles. The molecule has 0 amide bonds. The fraction of sp³-hybridized carbons (Fsp3) is 0.200. The van der Waals surface area contributed by atoms with E-state index in [-0.39, 0.29) is 5.88 Å². The average molecular weight is 241 g/mol. The molecule has 0 fully saturated rings. The second kappa shape index (κ2) is 4.68. The summed E-state index contributed by atoms with van der Waals surface area (Å²) in [6.45, 7) is 0. The second-order valence-electron chi connectivity index (χ2n) is 2.86. The molecule has 1 aromatic carbocycles. The summed E-state index contributed by atoms with van der Waals surface area (Å²) in [7, 11) is 0. The molecule has 15 heavy (non-hydrogen) atoms. The molecule has 1 heterocycles. The molecule has 0 aliphatic carbocycles. The number of alkyl halides is 1. The number of hydrogen-bond acceptors (Lipinski definition) is 4. The lowest BCUT2D eigenvalue weighted by molar-refractivity contribution is 0.527. The van der Waals surface area contributed by atoms with Crippen LogP contribution in [0.2, 0.25) is 0 Å². The molecule has 0 N–H and O–H groups in total. The van der Waals surface area contributed by atoms with E-state index in [4.69, 9.17) is 16.0 Å². The van der Waals surface area contributed by atoms with Gasteiger partial charge in [0.15, 0.2) is 0 Å². The van der Waals surface area contributed by atoms with Gasteiger partial charge in [-0.3, -0.25) is 0 Å². The van der Waals surface area contributed by atoms with Crippen molar-refractivity contribution in [3.8, 4) is 11.5 Å². The maximum atomic E-state index is 5.58. The molecule has 0 unspecified atom stereocenters. The summed E-state index contributed by atoms with van der Waals surface area (Å²) in [4.78, 5) is 1.20. The van der Waals surface area contributed by atoms with Crippen LogP contribution < -0.4 is 0 Å². The Balaban J connectivity index is 2.28. The summed E-state index contributed by atoms with van der Waals surface area (Å²) in [5.41, 5.74) is 0.914. The summed E-state index contributed by atoms with van der Waals surface area (Å²) in [6.07, 6.45) is 2.04. The summed E-state index contributed by atoms with van der Waals surface area (Å²) >= 11 is 7.27. The normalized spacial score (nSPS) is 10.5. The van der Waals surface area contributed by atoms with Crippen molar-refractivity contribution in [2.24, 2.45) is 0 Å². The molecular weight excluding hydrogens is 232 g/mol. The van der Waals surface area contributed by atoms with Crippen molar-refractivity contribution in [1.82, 2.24) is 10.2 Å². The van der Waals surface area contributed by atoms with Crippen molar-refractivity contribution < 1.29 is 4.42 Å². The molecule has 0 aliphatic rings. The number of halogens is 1. The van der Waals surface area contributed by atoms with Gasteiger partial charge in [0.2, 0.25) is 11.8 Å². The monoisotopic (exact) mass is 240 g/mol. The zero-order valence-corrected chi connectivity index (χ0v) is 9.68. The number of benzene rings is 1. The van der Waals surface area contributed by atoms with E-state index in [1.807, 2.05) is 30.5 Å². The van der Waals surface area contributed by atoms with Crippen molar-refractivity contribution in [3.63, 3.8) is 0 Å². The zero-order chi connectivity index (χ0) is 10.7. The van der Waals surface area contributed by atoms with Crippen LogP contribution in [0.25, 0.3) is 11.5 Å². The Kier molecular flexibility index (Phi) is 3.28. The molecule has 78 valence electrons. The fourth-order valence-corrected chi connectivity index (χ4v) is 1.67. The molecule has 3 nitrogen and oxygen atoms in total. The zero-order valence-electron chi connectivity index (χ0n) is 8.11. The summed E-state index contributed by atoms with van der Waals surface area (Å²) in [5, 5.41) is 7.70. The third kappa shape index (κ3) is 2.33. The highest BCUT2D eigenvalue weighted by Gasteiger charge is 2.06. The SMILES string of the molecule is CSc1ccc(-c2nnc(CCl)o2)cc1. The first kappa shape index (κ1) is 10.5. The van der Waals surface area contributed by atoms with Gasteiger partial charge in [-0.25, -0.2) is 0 Å².